The first-order valence-corrected chi connectivity index (χ1v) is 5.27. The zero-order valence-electron chi connectivity index (χ0n) is 9.23. The molecule has 0 spiro atoms. The largest absolute Gasteiger partial charge is 0.477 e. The number of aromatic amines is 1. The Balaban J connectivity index is 2.52. The number of aromatic carboxylic acids is 1. The second-order valence-electron chi connectivity index (χ2n) is 3.87. The van der Waals surface area contributed by atoms with Gasteiger partial charge in [-0.15, -0.1) is 0 Å². The van der Waals surface area contributed by atoms with Crippen molar-refractivity contribution in [2.24, 2.45) is 0 Å². The number of nitrogens with zero attached hydrogens (tertiary/aromatic N) is 1. The first kappa shape index (κ1) is 11.5. The van der Waals surface area contributed by atoms with E-state index >= 15 is 0 Å². The fourth-order valence-electron chi connectivity index (χ4n) is 1.81. The number of fused-ring (bicyclic) bond motifs is 1. The zero-order valence-corrected chi connectivity index (χ0v) is 9.23. The number of carboxylic acid groups (broad SMARTS) is 1. The van der Waals surface area contributed by atoms with Gasteiger partial charge in [-0.25, -0.2) is 9.86 Å². The number of carbonyl (C=O) groups is 1. The van der Waals surface area contributed by atoms with E-state index in [1.54, 1.807) is 0 Å². The van der Waals surface area contributed by atoms with E-state index < -0.39 is 11.5 Å². The summed E-state index contributed by atoms with van der Waals surface area (Å²) in [4.78, 5) is 24.6. The van der Waals surface area contributed by atoms with E-state index in [4.69, 9.17) is 5.11 Å². The topological polar surface area (TPSA) is 106 Å². The smallest absolute Gasteiger partial charge is 0.341 e. The molecule has 1 aliphatic heterocycles. The van der Waals surface area contributed by atoms with Crippen LogP contribution in [0, 0.1) is 0 Å². The van der Waals surface area contributed by atoms with Crippen LogP contribution in [-0.4, -0.2) is 33.9 Å². The minimum Gasteiger partial charge on any atom is -0.477 e. The Morgan fingerprint density at radius 3 is 2.94 bits per heavy atom. The molecule has 0 fully saturated rings. The predicted molar refractivity (Wildman–Crippen MR) is 60.9 cm³/mol. The molecule has 1 aromatic heterocycles. The molecule has 0 amide bonds. The quantitative estimate of drug-likeness (QED) is 0.598. The number of hydroxylamine groups is 1. The average molecular weight is 239 g/mol. The number of anilines is 2. The highest BCUT2D eigenvalue weighted by Gasteiger charge is 2.26. The highest BCUT2D eigenvalue weighted by atomic mass is 16.5. The molecule has 1 aromatic rings. The number of aromatic nitrogens is 1. The van der Waals surface area contributed by atoms with E-state index in [-0.39, 0.29) is 17.3 Å². The van der Waals surface area contributed by atoms with E-state index in [0.717, 1.165) is 5.06 Å². The number of carboxylic acids is 1. The SMILES string of the molecule is CCC1CNc2[nH]c(=O)c(C(=O)O)cc2N1O. The lowest BCUT2D eigenvalue weighted by atomic mass is 10.1. The van der Waals surface area contributed by atoms with Crippen LogP contribution in [0.4, 0.5) is 11.5 Å². The number of hydrogen-bond donors (Lipinski definition) is 4. The maximum atomic E-state index is 11.4. The second kappa shape index (κ2) is 4.10. The van der Waals surface area contributed by atoms with Gasteiger partial charge in [-0.2, -0.15) is 0 Å². The van der Waals surface area contributed by atoms with Gasteiger partial charge in [-0.1, -0.05) is 6.92 Å². The number of nitrogens with one attached hydrogen (secondary N) is 2. The lowest BCUT2D eigenvalue weighted by Gasteiger charge is -2.33. The first-order valence-electron chi connectivity index (χ1n) is 5.27. The molecule has 4 N–H and O–H groups in total. The van der Waals surface area contributed by atoms with Crippen LogP contribution in [0.25, 0.3) is 0 Å². The summed E-state index contributed by atoms with van der Waals surface area (Å²) >= 11 is 0. The highest BCUT2D eigenvalue weighted by molar-refractivity contribution is 5.89. The average Bonchev–Trinajstić information content (AvgIpc) is 2.28. The van der Waals surface area contributed by atoms with Crippen LogP contribution < -0.4 is 15.9 Å². The number of hydrogen-bond acceptors (Lipinski definition) is 5. The lowest BCUT2D eigenvalue weighted by Crippen LogP contribution is -2.42. The van der Waals surface area contributed by atoms with Gasteiger partial charge in [0, 0.05) is 6.54 Å². The minimum absolute atomic E-state index is 0.143. The van der Waals surface area contributed by atoms with Crippen molar-refractivity contribution in [2.75, 3.05) is 16.9 Å². The number of pyridine rings is 1. The Hall–Kier alpha value is -2.02. The van der Waals surface area contributed by atoms with Crippen molar-refractivity contribution in [1.82, 2.24) is 4.98 Å². The summed E-state index contributed by atoms with van der Waals surface area (Å²) in [6.45, 7) is 2.40. The standard InChI is InChI=1S/C10H13N3O4/c1-2-5-4-11-8-7(13(5)17)3-6(10(15)16)9(14)12-8/h3,5,17H,2,4H2,1H3,(H,15,16)(H2,11,12,14). The third kappa shape index (κ3) is 1.84. The van der Waals surface area contributed by atoms with Crippen LogP contribution >= 0.6 is 0 Å². The van der Waals surface area contributed by atoms with Crippen LogP contribution in [0.2, 0.25) is 0 Å². The molecule has 2 heterocycles. The van der Waals surface area contributed by atoms with Crippen LogP contribution in [0.1, 0.15) is 23.7 Å². The fourth-order valence-corrected chi connectivity index (χ4v) is 1.81. The van der Waals surface area contributed by atoms with E-state index in [9.17, 15) is 14.8 Å². The molecule has 0 aliphatic carbocycles. The summed E-state index contributed by atoms with van der Waals surface area (Å²) in [5, 5.41) is 22.7. The Labute approximate surface area is 96.6 Å². The second-order valence-corrected chi connectivity index (χ2v) is 3.87. The van der Waals surface area contributed by atoms with Gasteiger partial charge in [-0.05, 0) is 12.5 Å². The molecule has 1 aliphatic rings. The summed E-state index contributed by atoms with van der Waals surface area (Å²) in [5.74, 6) is -0.978. The van der Waals surface area contributed by atoms with Crippen LogP contribution in [0.5, 0.6) is 0 Å². The highest BCUT2D eigenvalue weighted by Crippen LogP contribution is 2.28. The summed E-state index contributed by atoms with van der Waals surface area (Å²) in [7, 11) is 0. The van der Waals surface area contributed by atoms with Crippen LogP contribution in [0.3, 0.4) is 0 Å². The van der Waals surface area contributed by atoms with Crippen molar-refractivity contribution in [3.8, 4) is 0 Å². The normalized spacial score (nSPS) is 18.5. The van der Waals surface area contributed by atoms with Gasteiger partial charge >= 0.3 is 5.97 Å². The van der Waals surface area contributed by atoms with Crippen molar-refractivity contribution in [3.05, 3.63) is 22.0 Å². The predicted octanol–water partition coefficient (Wildman–Crippen LogP) is 0.473. The third-order valence-electron chi connectivity index (χ3n) is 2.83. The van der Waals surface area contributed by atoms with Gasteiger partial charge in [0.1, 0.15) is 17.1 Å². The maximum Gasteiger partial charge on any atom is 0.341 e. The van der Waals surface area contributed by atoms with Gasteiger partial charge in [0.25, 0.3) is 5.56 Å². The molecule has 1 unspecified atom stereocenters. The van der Waals surface area contributed by atoms with Crippen LogP contribution in [-0.2, 0) is 0 Å². The van der Waals surface area contributed by atoms with E-state index in [1.165, 1.54) is 6.07 Å². The summed E-state index contributed by atoms with van der Waals surface area (Å²) in [6.07, 6.45) is 0.699. The molecule has 1 atom stereocenters. The van der Waals surface area contributed by atoms with Crippen molar-refractivity contribution >= 4 is 17.5 Å². The maximum absolute atomic E-state index is 11.4. The van der Waals surface area contributed by atoms with Crippen LogP contribution in [0.15, 0.2) is 10.9 Å². The van der Waals surface area contributed by atoms with E-state index in [0.29, 0.717) is 18.8 Å². The van der Waals surface area contributed by atoms with Gasteiger partial charge < -0.3 is 15.4 Å². The van der Waals surface area contributed by atoms with Crippen molar-refractivity contribution in [3.63, 3.8) is 0 Å². The summed E-state index contributed by atoms with van der Waals surface area (Å²) in [5.41, 5.74) is -0.798. The molecular weight excluding hydrogens is 226 g/mol. The summed E-state index contributed by atoms with van der Waals surface area (Å²) in [6, 6.07) is 1.03. The van der Waals surface area contributed by atoms with Crippen molar-refractivity contribution in [2.45, 2.75) is 19.4 Å². The minimum atomic E-state index is -1.32. The van der Waals surface area contributed by atoms with E-state index in [1.807, 2.05) is 6.92 Å². The molecule has 0 saturated carbocycles. The molecule has 92 valence electrons. The molecule has 0 radical (unpaired) electrons. The molecule has 7 nitrogen and oxygen atoms in total. The molecule has 17 heavy (non-hydrogen) atoms. The number of rotatable bonds is 2. The van der Waals surface area contributed by atoms with Crippen molar-refractivity contribution < 1.29 is 15.1 Å². The Bertz CT molecular complexity index is 511. The zero-order chi connectivity index (χ0) is 12.6. The first-order chi connectivity index (χ1) is 8.04. The van der Waals surface area contributed by atoms with Gasteiger partial charge in [0.2, 0.25) is 0 Å². The molecule has 0 saturated heterocycles. The monoisotopic (exact) mass is 239 g/mol. The lowest BCUT2D eigenvalue weighted by molar-refractivity contribution is 0.0695. The Morgan fingerprint density at radius 1 is 1.65 bits per heavy atom. The summed E-state index contributed by atoms with van der Waals surface area (Å²) < 4.78 is 0. The van der Waals surface area contributed by atoms with E-state index in [2.05, 4.69) is 10.3 Å². The van der Waals surface area contributed by atoms with Gasteiger partial charge in [0.15, 0.2) is 0 Å². The Kier molecular flexibility index (Phi) is 2.76. The van der Waals surface area contributed by atoms with Gasteiger partial charge in [-0.3, -0.25) is 10.0 Å². The Morgan fingerprint density at radius 2 is 2.35 bits per heavy atom. The third-order valence-corrected chi connectivity index (χ3v) is 2.83. The molecule has 7 heteroatoms. The molecule has 0 aromatic carbocycles. The van der Waals surface area contributed by atoms with Gasteiger partial charge in [0.05, 0.1) is 6.04 Å². The molecule has 2 rings (SSSR count). The fraction of sp³-hybridized carbons (Fsp3) is 0.400. The number of H-pyrrole nitrogens is 1. The molecular formula is C10H13N3O4. The van der Waals surface area contributed by atoms with Crippen molar-refractivity contribution in [1.29, 1.82) is 0 Å². The molecule has 0 bridgehead atoms.